The molecule has 0 amide bonds. The molecule has 0 aliphatic heterocycles. The van der Waals surface area contributed by atoms with Crippen LogP contribution in [0.4, 0.5) is 5.69 Å². The minimum Gasteiger partial charge on any atom is -0.338 e. The summed E-state index contributed by atoms with van der Waals surface area (Å²) in [5.74, 6) is 0.935. The molecule has 7 heteroatoms. The quantitative estimate of drug-likeness (QED) is 0.487. The van der Waals surface area contributed by atoms with Crippen molar-refractivity contribution in [3.8, 4) is 11.4 Å². The predicted molar refractivity (Wildman–Crippen MR) is 68.4 cm³/mol. The smallest absolute Gasteiger partial charge is 0.269 e. The molecule has 0 radical (unpaired) electrons. The molecule has 2 rings (SSSR count). The van der Waals surface area contributed by atoms with E-state index in [1.807, 2.05) is 0 Å². The monoisotopic (exact) mass is 262 g/mol. The summed E-state index contributed by atoms with van der Waals surface area (Å²) >= 11 is 0. The van der Waals surface area contributed by atoms with Gasteiger partial charge in [-0.2, -0.15) is 4.98 Å². The Balaban J connectivity index is 2.07. The van der Waals surface area contributed by atoms with Crippen molar-refractivity contribution in [2.24, 2.45) is 0 Å². The third-order valence-corrected chi connectivity index (χ3v) is 2.51. The molecule has 0 atom stereocenters. The molecule has 0 saturated carbocycles. The minimum atomic E-state index is -0.444. The average Bonchev–Trinajstić information content (AvgIpc) is 2.88. The van der Waals surface area contributed by atoms with Crippen LogP contribution in [0.25, 0.3) is 11.4 Å². The summed E-state index contributed by atoms with van der Waals surface area (Å²) in [7, 11) is 0. The van der Waals surface area contributed by atoms with Crippen LogP contribution in [0.2, 0.25) is 0 Å². The van der Waals surface area contributed by atoms with Gasteiger partial charge >= 0.3 is 0 Å². The number of nitro groups is 1. The molecule has 0 bridgehead atoms. The first kappa shape index (κ1) is 13.2. The van der Waals surface area contributed by atoms with E-state index >= 15 is 0 Å². The number of non-ortho nitro benzene ring substituents is 1. The summed E-state index contributed by atoms with van der Waals surface area (Å²) in [6, 6.07) is 6.04. The number of hydrogen-bond acceptors (Lipinski definition) is 6. The Morgan fingerprint density at radius 3 is 2.74 bits per heavy atom. The van der Waals surface area contributed by atoms with Crippen LogP contribution in [0.3, 0.4) is 0 Å². The van der Waals surface area contributed by atoms with Crippen molar-refractivity contribution in [1.82, 2.24) is 15.5 Å². The molecule has 7 nitrogen and oxygen atoms in total. The van der Waals surface area contributed by atoms with Crippen molar-refractivity contribution >= 4 is 5.69 Å². The highest BCUT2D eigenvalue weighted by atomic mass is 16.6. The molecule has 0 aliphatic carbocycles. The van der Waals surface area contributed by atoms with Crippen molar-refractivity contribution < 1.29 is 9.45 Å². The maximum absolute atomic E-state index is 10.5. The molecule has 0 aliphatic rings. The van der Waals surface area contributed by atoms with Gasteiger partial charge in [0.05, 0.1) is 11.5 Å². The van der Waals surface area contributed by atoms with Crippen molar-refractivity contribution in [3.63, 3.8) is 0 Å². The molecule has 19 heavy (non-hydrogen) atoms. The van der Waals surface area contributed by atoms with Gasteiger partial charge in [0.2, 0.25) is 11.7 Å². The Morgan fingerprint density at radius 1 is 1.37 bits per heavy atom. The molecule has 0 spiro atoms. The molecule has 1 aromatic carbocycles. The van der Waals surface area contributed by atoms with Crippen LogP contribution in [0.15, 0.2) is 28.8 Å². The van der Waals surface area contributed by atoms with Gasteiger partial charge in [-0.1, -0.05) is 12.1 Å². The van der Waals surface area contributed by atoms with E-state index in [-0.39, 0.29) is 5.69 Å². The molecule has 0 unspecified atom stereocenters. The highest BCUT2D eigenvalue weighted by Gasteiger charge is 2.10. The van der Waals surface area contributed by atoms with Crippen LogP contribution in [0.5, 0.6) is 0 Å². The fourth-order valence-corrected chi connectivity index (χ4v) is 1.55. The number of benzene rings is 1. The van der Waals surface area contributed by atoms with Gasteiger partial charge < -0.3 is 9.84 Å². The van der Waals surface area contributed by atoms with Gasteiger partial charge in [-0.05, 0) is 25.1 Å². The van der Waals surface area contributed by atoms with Gasteiger partial charge in [-0.3, -0.25) is 10.1 Å². The Hall–Kier alpha value is -2.28. The number of nitrogens with one attached hydrogen (secondary N) is 1. The van der Waals surface area contributed by atoms with Gasteiger partial charge in [-0.15, -0.1) is 0 Å². The molecule has 0 saturated heterocycles. The first-order valence-corrected chi connectivity index (χ1v) is 5.99. The zero-order chi connectivity index (χ0) is 13.7. The summed E-state index contributed by atoms with van der Waals surface area (Å²) in [6.45, 7) is 3.48. The highest BCUT2D eigenvalue weighted by Crippen LogP contribution is 2.19. The maximum atomic E-state index is 10.5. The van der Waals surface area contributed by atoms with Crippen LogP contribution in [-0.2, 0) is 6.54 Å². The number of nitrogens with zero attached hydrogens (tertiary/aromatic N) is 3. The summed E-state index contributed by atoms with van der Waals surface area (Å²) < 4.78 is 5.09. The zero-order valence-electron chi connectivity index (χ0n) is 10.5. The molecule has 1 aromatic heterocycles. The number of rotatable bonds is 6. The molecule has 2 aromatic rings. The van der Waals surface area contributed by atoms with Gasteiger partial charge in [-0.25, -0.2) is 0 Å². The molecular weight excluding hydrogens is 248 g/mol. The second-order valence-electron chi connectivity index (χ2n) is 3.99. The Morgan fingerprint density at radius 2 is 2.11 bits per heavy atom. The van der Waals surface area contributed by atoms with Gasteiger partial charge in [0.25, 0.3) is 5.69 Å². The van der Waals surface area contributed by atoms with Crippen molar-refractivity contribution in [2.45, 2.75) is 19.9 Å². The summed E-state index contributed by atoms with van der Waals surface area (Å²) in [4.78, 5) is 14.3. The SMILES string of the molecule is CCCNCc1nc(-c2ccc([N+](=O)[O-])cc2)no1. The first-order valence-electron chi connectivity index (χ1n) is 5.99. The normalized spacial score (nSPS) is 10.6. The lowest BCUT2D eigenvalue weighted by atomic mass is 10.2. The second kappa shape index (κ2) is 6.05. The van der Waals surface area contributed by atoms with Crippen LogP contribution < -0.4 is 5.32 Å². The maximum Gasteiger partial charge on any atom is 0.269 e. The number of nitro benzene ring substituents is 1. The summed E-state index contributed by atoms with van der Waals surface area (Å²) in [6.07, 6.45) is 1.03. The zero-order valence-corrected chi connectivity index (χ0v) is 10.5. The van der Waals surface area contributed by atoms with Gasteiger partial charge in [0.1, 0.15) is 0 Å². The Labute approximate surface area is 109 Å². The minimum absolute atomic E-state index is 0.0390. The van der Waals surface area contributed by atoms with E-state index in [9.17, 15) is 10.1 Å². The summed E-state index contributed by atoms with van der Waals surface area (Å²) in [5, 5.41) is 17.5. The van der Waals surface area contributed by atoms with Gasteiger partial charge in [0, 0.05) is 17.7 Å². The Bertz CT molecular complexity index is 550. The predicted octanol–water partition coefficient (Wildman–Crippen LogP) is 2.14. The van der Waals surface area contributed by atoms with E-state index in [4.69, 9.17) is 4.52 Å². The lowest BCUT2D eigenvalue weighted by Crippen LogP contribution is -2.13. The topological polar surface area (TPSA) is 94.1 Å². The Kier molecular flexibility index (Phi) is 4.19. The standard InChI is InChI=1S/C12H14N4O3/c1-2-7-13-8-11-14-12(15-19-11)9-3-5-10(6-4-9)16(17)18/h3-6,13H,2,7-8H2,1H3. The third-order valence-electron chi connectivity index (χ3n) is 2.51. The van der Waals surface area contributed by atoms with E-state index < -0.39 is 4.92 Å². The van der Waals surface area contributed by atoms with Crippen molar-refractivity contribution in [2.75, 3.05) is 6.54 Å². The molecule has 0 fully saturated rings. The van der Waals surface area contributed by atoms with Crippen LogP contribution >= 0.6 is 0 Å². The van der Waals surface area contributed by atoms with E-state index in [1.165, 1.54) is 12.1 Å². The van der Waals surface area contributed by atoms with Crippen LogP contribution in [0, 0.1) is 10.1 Å². The van der Waals surface area contributed by atoms with E-state index in [1.54, 1.807) is 12.1 Å². The largest absolute Gasteiger partial charge is 0.338 e. The average molecular weight is 262 g/mol. The lowest BCUT2D eigenvalue weighted by Gasteiger charge is -1.96. The molecule has 1 N–H and O–H groups in total. The van der Waals surface area contributed by atoms with E-state index in [0.717, 1.165) is 13.0 Å². The molecule has 100 valence electrons. The first-order chi connectivity index (χ1) is 9.20. The fourth-order valence-electron chi connectivity index (χ4n) is 1.55. The van der Waals surface area contributed by atoms with Crippen LogP contribution in [0.1, 0.15) is 19.2 Å². The highest BCUT2D eigenvalue weighted by molar-refractivity contribution is 5.56. The lowest BCUT2D eigenvalue weighted by molar-refractivity contribution is -0.384. The number of hydrogen-bond donors (Lipinski definition) is 1. The van der Waals surface area contributed by atoms with E-state index in [2.05, 4.69) is 22.4 Å². The molecular formula is C12H14N4O3. The summed E-state index contributed by atoms with van der Waals surface area (Å²) in [5.41, 5.74) is 0.730. The second-order valence-corrected chi connectivity index (χ2v) is 3.99. The van der Waals surface area contributed by atoms with Gasteiger partial charge in [0.15, 0.2) is 0 Å². The van der Waals surface area contributed by atoms with Crippen LogP contribution in [-0.4, -0.2) is 21.6 Å². The molecule has 1 heterocycles. The number of aromatic nitrogens is 2. The van der Waals surface area contributed by atoms with E-state index in [0.29, 0.717) is 23.8 Å². The van der Waals surface area contributed by atoms with Crippen molar-refractivity contribution in [1.29, 1.82) is 0 Å². The third kappa shape index (κ3) is 3.35. The van der Waals surface area contributed by atoms with Crippen molar-refractivity contribution in [3.05, 3.63) is 40.3 Å². The fraction of sp³-hybridized carbons (Fsp3) is 0.333.